The maximum atomic E-state index is 11.9. The highest BCUT2D eigenvalue weighted by molar-refractivity contribution is 7.09. The van der Waals surface area contributed by atoms with Crippen molar-refractivity contribution in [2.75, 3.05) is 5.32 Å². The number of rotatable bonds is 4. The third-order valence-corrected chi connectivity index (χ3v) is 3.85. The second-order valence-corrected chi connectivity index (χ2v) is 5.61. The van der Waals surface area contributed by atoms with Gasteiger partial charge in [0.1, 0.15) is 0 Å². The van der Waals surface area contributed by atoms with Gasteiger partial charge in [-0.25, -0.2) is 4.79 Å². The summed E-state index contributed by atoms with van der Waals surface area (Å²) in [4.78, 5) is 13.0. The topological polar surface area (TPSA) is 84.7 Å². The van der Waals surface area contributed by atoms with Gasteiger partial charge < -0.3 is 10.6 Å². The van der Waals surface area contributed by atoms with E-state index in [0.717, 1.165) is 10.6 Å². The third-order valence-electron chi connectivity index (χ3n) is 2.98. The Hall–Kier alpha value is -2.74. The molecule has 0 unspecified atom stereocenters. The van der Waals surface area contributed by atoms with Crippen molar-refractivity contribution in [1.82, 2.24) is 25.5 Å². The SMILES string of the molecule is Cc1nnnn1-c1cccc(NC(=O)NCc2cccs2)c1. The number of aryl methyl sites for hydroxylation is 1. The fraction of sp³-hybridized carbons (Fsp3) is 0.143. The lowest BCUT2D eigenvalue weighted by molar-refractivity contribution is 0.252. The number of hydrogen-bond acceptors (Lipinski definition) is 5. The highest BCUT2D eigenvalue weighted by atomic mass is 32.1. The Morgan fingerprint density at radius 3 is 2.95 bits per heavy atom. The summed E-state index contributed by atoms with van der Waals surface area (Å²) in [5.41, 5.74) is 1.47. The quantitative estimate of drug-likeness (QED) is 0.774. The van der Waals surface area contributed by atoms with E-state index >= 15 is 0 Å². The molecule has 2 heterocycles. The minimum atomic E-state index is -0.251. The smallest absolute Gasteiger partial charge is 0.319 e. The summed E-state index contributed by atoms with van der Waals surface area (Å²) >= 11 is 1.61. The minimum Gasteiger partial charge on any atom is -0.333 e. The van der Waals surface area contributed by atoms with Crippen LogP contribution in [0.2, 0.25) is 0 Å². The maximum Gasteiger partial charge on any atom is 0.319 e. The van der Waals surface area contributed by atoms with Crippen LogP contribution in [-0.4, -0.2) is 26.2 Å². The zero-order valence-electron chi connectivity index (χ0n) is 11.9. The van der Waals surface area contributed by atoms with Gasteiger partial charge in [-0.1, -0.05) is 12.1 Å². The number of hydrogen-bond donors (Lipinski definition) is 2. The first-order valence-electron chi connectivity index (χ1n) is 6.65. The molecule has 2 aromatic heterocycles. The Kier molecular flexibility index (Phi) is 4.10. The number of tetrazole rings is 1. The van der Waals surface area contributed by atoms with Crippen LogP contribution >= 0.6 is 11.3 Å². The first kappa shape index (κ1) is 14.2. The zero-order valence-corrected chi connectivity index (χ0v) is 12.7. The molecule has 2 N–H and O–H groups in total. The second-order valence-electron chi connectivity index (χ2n) is 4.58. The van der Waals surface area contributed by atoms with E-state index in [4.69, 9.17) is 0 Å². The minimum absolute atomic E-state index is 0.251. The number of aromatic nitrogens is 4. The Labute approximate surface area is 131 Å². The summed E-state index contributed by atoms with van der Waals surface area (Å²) in [7, 11) is 0. The Bertz CT molecular complexity index is 767. The van der Waals surface area contributed by atoms with Crippen LogP contribution in [0.4, 0.5) is 10.5 Å². The maximum absolute atomic E-state index is 11.9. The van der Waals surface area contributed by atoms with Gasteiger partial charge in [0.15, 0.2) is 5.82 Å². The van der Waals surface area contributed by atoms with Crippen molar-refractivity contribution in [3.05, 3.63) is 52.5 Å². The standard InChI is InChI=1S/C14H14N6OS/c1-10-17-18-19-20(10)12-5-2-4-11(8-12)16-14(21)15-9-13-6-3-7-22-13/h2-8H,9H2,1H3,(H2,15,16,21). The number of amides is 2. The molecule has 2 amide bonds. The molecular formula is C14H14N6OS. The highest BCUT2D eigenvalue weighted by Gasteiger charge is 2.06. The lowest BCUT2D eigenvalue weighted by Crippen LogP contribution is -2.27. The molecule has 1 aromatic carbocycles. The van der Waals surface area contributed by atoms with Crippen molar-refractivity contribution in [2.45, 2.75) is 13.5 Å². The molecule has 0 fully saturated rings. The third kappa shape index (κ3) is 3.29. The Balaban J connectivity index is 1.65. The predicted molar refractivity (Wildman–Crippen MR) is 84.1 cm³/mol. The predicted octanol–water partition coefficient (Wildman–Crippen LogP) is 2.35. The fourth-order valence-electron chi connectivity index (χ4n) is 1.94. The molecule has 3 rings (SSSR count). The van der Waals surface area contributed by atoms with Gasteiger partial charge in [-0.05, 0) is 47.0 Å². The number of urea groups is 1. The lowest BCUT2D eigenvalue weighted by Gasteiger charge is -2.08. The van der Waals surface area contributed by atoms with E-state index in [9.17, 15) is 4.79 Å². The normalized spacial score (nSPS) is 10.4. The number of carbonyl (C=O) groups excluding carboxylic acids is 1. The molecule has 0 radical (unpaired) electrons. The van der Waals surface area contributed by atoms with Crippen molar-refractivity contribution in [3.8, 4) is 5.69 Å². The average molecular weight is 314 g/mol. The van der Waals surface area contributed by atoms with E-state index in [1.807, 2.05) is 48.7 Å². The fourth-order valence-corrected chi connectivity index (χ4v) is 2.59. The van der Waals surface area contributed by atoms with Crippen LogP contribution in [0.1, 0.15) is 10.7 Å². The van der Waals surface area contributed by atoms with Gasteiger partial charge in [-0.15, -0.1) is 16.4 Å². The molecule has 0 atom stereocenters. The van der Waals surface area contributed by atoms with Gasteiger partial charge in [-0.3, -0.25) is 0 Å². The number of anilines is 1. The van der Waals surface area contributed by atoms with Crippen LogP contribution in [0.5, 0.6) is 0 Å². The highest BCUT2D eigenvalue weighted by Crippen LogP contribution is 2.14. The van der Waals surface area contributed by atoms with Gasteiger partial charge in [0.2, 0.25) is 0 Å². The monoisotopic (exact) mass is 314 g/mol. The summed E-state index contributed by atoms with van der Waals surface area (Å²) in [6, 6.07) is 11.0. The van der Waals surface area contributed by atoms with Crippen molar-refractivity contribution in [2.24, 2.45) is 0 Å². The largest absolute Gasteiger partial charge is 0.333 e. The number of nitrogens with zero attached hydrogens (tertiary/aromatic N) is 4. The van der Waals surface area contributed by atoms with Crippen LogP contribution in [0, 0.1) is 6.92 Å². The van der Waals surface area contributed by atoms with Gasteiger partial charge in [0, 0.05) is 10.6 Å². The number of nitrogens with one attached hydrogen (secondary N) is 2. The summed E-state index contributed by atoms with van der Waals surface area (Å²) < 4.78 is 1.61. The molecule has 0 aliphatic heterocycles. The average Bonchev–Trinajstić information content (AvgIpc) is 3.16. The summed E-state index contributed by atoms with van der Waals surface area (Å²) in [6.45, 7) is 2.32. The molecule has 22 heavy (non-hydrogen) atoms. The molecule has 8 heteroatoms. The molecule has 3 aromatic rings. The summed E-state index contributed by atoms with van der Waals surface area (Å²) in [5.74, 6) is 0.680. The van der Waals surface area contributed by atoms with Crippen molar-refractivity contribution in [3.63, 3.8) is 0 Å². The summed E-state index contributed by atoms with van der Waals surface area (Å²) in [5, 5.41) is 19.0. The van der Waals surface area contributed by atoms with Crippen LogP contribution in [0.25, 0.3) is 5.69 Å². The second kappa shape index (κ2) is 6.35. The lowest BCUT2D eigenvalue weighted by atomic mass is 10.3. The van der Waals surface area contributed by atoms with Crippen molar-refractivity contribution >= 4 is 23.1 Å². The molecular weight excluding hydrogens is 300 g/mol. The molecule has 0 saturated carbocycles. The van der Waals surface area contributed by atoms with Crippen LogP contribution in [-0.2, 0) is 6.54 Å². The molecule has 7 nitrogen and oxygen atoms in total. The molecule has 0 aliphatic carbocycles. The summed E-state index contributed by atoms with van der Waals surface area (Å²) in [6.07, 6.45) is 0. The van der Waals surface area contributed by atoms with Gasteiger partial charge >= 0.3 is 6.03 Å². The first-order valence-corrected chi connectivity index (χ1v) is 7.53. The van der Waals surface area contributed by atoms with Crippen molar-refractivity contribution < 1.29 is 4.79 Å². The Morgan fingerprint density at radius 2 is 2.23 bits per heavy atom. The van der Waals surface area contributed by atoms with Crippen LogP contribution in [0.3, 0.4) is 0 Å². The van der Waals surface area contributed by atoms with Gasteiger partial charge in [0.05, 0.1) is 12.2 Å². The van der Waals surface area contributed by atoms with E-state index in [1.54, 1.807) is 16.0 Å². The Morgan fingerprint density at radius 1 is 1.32 bits per heavy atom. The first-order chi connectivity index (χ1) is 10.7. The van der Waals surface area contributed by atoms with E-state index in [0.29, 0.717) is 18.1 Å². The molecule has 0 saturated heterocycles. The molecule has 0 aliphatic rings. The van der Waals surface area contributed by atoms with Crippen molar-refractivity contribution in [1.29, 1.82) is 0 Å². The van der Waals surface area contributed by atoms with E-state index < -0.39 is 0 Å². The van der Waals surface area contributed by atoms with E-state index in [1.165, 1.54) is 0 Å². The van der Waals surface area contributed by atoms with Gasteiger partial charge in [0.25, 0.3) is 0 Å². The van der Waals surface area contributed by atoms with E-state index in [-0.39, 0.29) is 6.03 Å². The number of thiophene rings is 1. The number of benzene rings is 1. The molecule has 0 spiro atoms. The molecule has 112 valence electrons. The number of carbonyl (C=O) groups is 1. The van der Waals surface area contributed by atoms with Gasteiger partial charge in [-0.2, -0.15) is 4.68 Å². The molecule has 0 bridgehead atoms. The zero-order chi connectivity index (χ0) is 15.4. The van der Waals surface area contributed by atoms with Crippen LogP contribution in [0.15, 0.2) is 41.8 Å². The van der Waals surface area contributed by atoms with E-state index in [2.05, 4.69) is 26.2 Å². The van der Waals surface area contributed by atoms with Crippen LogP contribution < -0.4 is 10.6 Å².